The molecule has 4 nitrogen and oxygen atoms in total. The third-order valence-electron chi connectivity index (χ3n) is 1.64. The Morgan fingerprint density at radius 1 is 1.38 bits per heavy atom. The first-order valence-corrected chi connectivity index (χ1v) is 5.39. The van der Waals surface area contributed by atoms with Gasteiger partial charge in [-0.3, -0.25) is 0 Å². The lowest BCUT2D eigenvalue weighted by Gasteiger charge is -1.95. The van der Waals surface area contributed by atoms with E-state index >= 15 is 0 Å². The Morgan fingerprint density at radius 2 is 2.06 bits per heavy atom. The maximum absolute atomic E-state index is 10.7. The molecule has 0 fully saturated rings. The van der Waals surface area contributed by atoms with Gasteiger partial charge >= 0.3 is 5.82 Å². The minimum atomic E-state index is -0.713. The third-order valence-corrected chi connectivity index (χ3v) is 2.18. The second-order valence-electron chi connectivity index (χ2n) is 2.59. The van der Waals surface area contributed by atoms with Gasteiger partial charge in [0.15, 0.2) is 11.3 Å². The molecule has 0 amide bonds. The van der Waals surface area contributed by atoms with Crippen LogP contribution >= 0.6 is 22.6 Å². The highest BCUT2D eigenvalue weighted by Crippen LogP contribution is 2.23. The van der Waals surface area contributed by atoms with Crippen LogP contribution in [0.25, 0.3) is 11.2 Å². The minimum absolute atomic E-state index is 0.352. The topological polar surface area (TPSA) is 52.6 Å². The molecule has 2 aromatic rings. The average molecular weight is 332 g/mol. The molecule has 1 aromatic carbocycles. The van der Waals surface area contributed by atoms with E-state index in [0.717, 1.165) is 0 Å². The summed E-state index contributed by atoms with van der Waals surface area (Å²) in [5, 5.41) is 0. The second kappa shape index (κ2) is 6.23. The van der Waals surface area contributed by atoms with E-state index in [1.165, 1.54) is 7.11 Å². The van der Waals surface area contributed by atoms with Gasteiger partial charge in [-0.1, -0.05) is 12.0 Å². The molecule has 84 valence electrons. The quantitative estimate of drug-likeness (QED) is 0.595. The van der Waals surface area contributed by atoms with Crippen LogP contribution < -0.4 is 10.6 Å². The Labute approximate surface area is 106 Å². The van der Waals surface area contributed by atoms with Crippen LogP contribution in [0.1, 0.15) is 6.92 Å². The molecular formula is C11H9IO4. The van der Waals surface area contributed by atoms with Crippen molar-refractivity contribution in [2.75, 3.05) is 7.11 Å². The zero-order valence-electron chi connectivity index (χ0n) is 8.74. The van der Waals surface area contributed by atoms with Crippen molar-refractivity contribution in [3.63, 3.8) is 0 Å². The summed E-state index contributed by atoms with van der Waals surface area (Å²) in [6.07, 6.45) is 0. The summed E-state index contributed by atoms with van der Waals surface area (Å²) in [4.78, 5) is 10.7. The molecule has 0 saturated heterocycles. The molecule has 1 aromatic heterocycles. The number of hydrogen-bond acceptors (Lipinski definition) is 4. The smallest absolute Gasteiger partial charge is 0.493 e. The first-order chi connectivity index (χ1) is 7.72. The fraction of sp³-hybridized carbons (Fsp3) is 0.182. The highest BCUT2D eigenvalue weighted by Gasteiger charge is 2.07. The van der Waals surface area contributed by atoms with E-state index < -0.39 is 5.82 Å². The monoisotopic (exact) mass is 332 g/mol. The van der Waals surface area contributed by atoms with Crippen molar-refractivity contribution >= 4 is 33.8 Å². The molecule has 0 bridgehead atoms. The van der Waals surface area contributed by atoms with Crippen molar-refractivity contribution in [3.05, 3.63) is 28.8 Å². The van der Waals surface area contributed by atoms with Crippen LogP contribution in [-0.4, -0.2) is 7.11 Å². The van der Waals surface area contributed by atoms with Crippen LogP contribution in [0.3, 0.4) is 0 Å². The standard InChI is InChI=1S/C8H6O4.C3H3I/c1-10-5-3-2-4-6-7(5)12-8(9)11-6;1-2-3-4/h2-4H,1H3;1H3. The second-order valence-corrected chi connectivity index (χ2v) is 3.13. The Hall–Kier alpha value is -1.42. The fourth-order valence-electron chi connectivity index (χ4n) is 1.03. The van der Waals surface area contributed by atoms with Gasteiger partial charge in [-0.15, -0.1) is 0 Å². The van der Waals surface area contributed by atoms with E-state index in [4.69, 9.17) is 13.6 Å². The van der Waals surface area contributed by atoms with E-state index in [1.54, 1.807) is 18.2 Å². The number of methoxy groups -OCH3 is 1. The van der Waals surface area contributed by atoms with Crippen LogP contribution in [0.5, 0.6) is 5.75 Å². The van der Waals surface area contributed by atoms with Crippen LogP contribution in [0.4, 0.5) is 0 Å². The number of fused-ring (bicyclic) bond motifs is 1. The average Bonchev–Trinajstić information content (AvgIpc) is 2.69. The van der Waals surface area contributed by atoms with Gasteiger partial charge in [0.1, 0.15) is 0 Å². The van der Waals surface area contributed by atoms with Gasteiger partial charge < -0.3 is 13.6 Å². The third kappa shape index (κ3) is 3.03. The van der Waals surface area contributed by atoms with Gasteiger partial charge in [0.2, 0.25) is 5.58 Å². The van der Waals surface area contributed by atoms with Crippen LogP contribution in [0.15, 0.2) is 31.8 Å². The first kappa shape index (κ1) is 12.6. The lowest BCUT2D eigenvalue weighted by Crippen LogP contribution is -1.85. The molecule has 16 heavy (non-hydrogen) atoms. The van der Waals surface area contributed by atoms with Crippen molar-refractivity contribution in [2.24, 2.45) is 0 Å². The van der Waals surface area contributed by atoms with Crippen molar-refractivity contribution in [1.29, 1.82) is 0 Å². The SMILES string of the molecule is CC#CI.COc1cccc2oc(=O)oc12. The van der Waals surface area contributed by atoms with E-state index in [-0.39, 0.29) is 0 Å². The van der Waals surface area contributed by atoms with Gasteiger partial charge in [0, 0.05) is 22.6 Å². The molecular weight excluding hydrogens is 323 g/mol. The van der Waals surface area contributed by atoms with Gasteiger partial charge in [-0.2, -0.15) is 0 Å². The number of benzene rings is 1. The highest BCUT2D eigenvalue weighted by atomic mass is 127. The van der Waals surface area contributed by atoms with Crippen LogP contribution in [0, 0.1) is 9.85 Å². The molecule has 0 radical (unpaired) electrons. The number of para-hydroxylation sites is 1. The molecule has 0 atom stereocenters. The summed E-state index contributed by atoms with van der Waals surface area (Å²) in [7, 11) is 1.50. The van der Waals surface area contributed by atoms with Crippen molar-refractivity contribution < 1.29 is 13.6 Å². The molecule has 0 N–H and O–H groups in total. The molecule has 0 aliphatic carbocycles. The molecule has 0 saturated carbocycles. The number of ether oxygens (including phenoxy) is 1. The molecule has 0 aliphatic heterocycles. The van der Waals surface area contributed by atoms with Crippen molar-refractivity contribution in [2.45, 2.75) is 6.92 Å². The predicted molar refractivity (Wildman–Crippen MR) is 68.8 cm³/mol. The number of halogens is 1. The summed E-state index contributed by atoms with van der Waals surface area (Å²) >= 11 is 1.99. The Morgan fingerprint density at radius 3 is 2.62 bits per heavy atom. The molecule has 5 heteroatoms. The first-order valence-electron chi connectivity index (χ1n) is 4.32. The summed E-state index contributed by atoms with van der Waals surface area (Å²) in [6, 6.07) is 5.06. The summed E-state index contributed by atoms with van der Waals surface area (Å²) in [5.74, 6) is 2.45. The van der Waals surface area contributed by atoms with E-state index in [2.05, 4.69) is 9.85 Å². The van der Waals surface area contributed by atoms with Gasteiger partial charge in [0.25, 0.3) is 0 Å². The molecule has 0 aliphatic rings. The summed E-state index contributed by atoms with van der Waals surface area (Å²) < 4.78 is 17.0. The molecule has 2 rings (SSSR count). The lowest BCUT2D eigenvalue weighted by atomic mass is 10.3. The Bertz CT molecular complexity index is 565. The Balaban J connectivity index is 0.000000280. The van der Waals surface area contributed by atoms with E-state index in [1.807, 2.05) is 29.5 Å². The molecule has 0 unspecified atom stereocenters. The van der Waals surface area contributed by atoms with Crippen molar-refractivity contribution in [3.8, 4) is 15.6 Å². The molecule has 0 spiro atoms. The predicted octanol–water partition coefficient (Wildman–Crippen LogP) is 2.80. The maximum atomic E-state index is 10.7. The molecule has 1 heterocycles. The number of rotatable bonds is 1. The summed E-state index contributed by atoms with van der Waals surface area (Å²) in [6.45, 7) is 1.81. The highest BCUT2D eigenvalue weighted by molar-refractivity contribution is 14.1. The zero-order valence-corrected chi connectivity index (χ0v) is 10.9. The fourth-order valence-corrected chi connectivity index (χ4v) is 1.03. The van der Waals surface area contributed by atoms with Gasteiger partial charge in [-0.05, 0) is 23.0 Å². The number of hydrogen-bond donors (Lipinski definition) is 0. The largest absolute Gasteiger partial charge is 0.519 e. The van der Waals surface area contributed by atoms with Crippen molar-refractivity contribution in [1.82, 2.24) is 0 Å². The van der Waals surface area contributed by atoms with Crippen LogP contribution in [0.2, 0.25) is 0 Å². The Kier molecular flexibility index (Phi) is 4.92. The van der Waals surface area contributed by atoms with Crippen LogP contribution in [-0.2, 0) is 0 Å². The normalized spacial score (nSPS) is 8.69. The minimum Gasteiger partial charge on any atom is -0.493 e. The summed E-state index contributed by atoms with van der Waals surface area (Å²) in [5.41, 5.74) is 0.754. The van der Waals surface area contributed by atoms with Gasteiger partial charge in [-0.25, -0.2) is 4.79 Å². The maximum Gasteiger partial charge on any atom is 0.519 e. The zero-order chi connectivity index (χ0) is 12.0. The lowest BCUT2D eigenvalue weighted by molar-refractivity contribution is 0.388. The van der Waals surface area contributed by atoms with Gasteiger partial charge in [0.05, 0.1) is 7.11 Å². The van der Waals surface area contributed by atoms with E-state index in [9.17, 15) is 4.79 Å². The van der Waals surface area contributed by atoms with E-state index in [0.29, 0.717) is 16.9 Å².